The Morgan fingerprint density at radius 1 is 1.12 bits per heavy atom. The number of para-hydroxylation sites is 1. The Labute approximate surface area is 150 Å². The van der Waals surface area contributed by atoms with Gasteiger partial charge < -0.3 is 14.9 Å². The molecule has 0 fully saturated rings. The molecule has 3 aromatic rings. The van der Waals surface area contributed by atoms with Crippen LogP contribution in [0.4, 0.5) is 0 Å². The highest BCUT2D eigenvalue weighted by Gasteiger charge is 2.29. The van der Waals surface area contributed by atoms with Crippen LogP contribution >= 0.6 is 11.8 Å². The third-order valence-corrected chi connectivity index (χ3v) is 5.02. The van der Waals surface area contributed by atoms with Crippen LogP contribution < -0.4 is 14.9 Å². The normalized spacial score (nSPS) is 15.5. The van der Waals surface area contributed by atoms with Gasteiger partial charge in [-0.05, 0) is 37.3 Å². The zero-order valence-electron chi connectivity index (χ0n) is 14.0. The Hall–Kier alpha value is -2.67. The Morgan fingerprint density at radius 3 is 2.68 bits per heavy atom. The fourth-order valence-electron chi connectivity index (χ4n) is 2.78. The summed E-state index contributed by atoms with van der Waals surface area (Å²) in [5.74, 6) is 2.48. The van der Waals surface area contributed by atoms with Gasteiger partial charge in [-0.2, -0.15) is 0 Å². The molecule has 0 radical (unpaired) electrons. The van der Waals surface area contributed by atoms with Crippen LogP contribution in [0.15, 0.2) is 53.7 Å². The Bertz CT molecular complexity index is 879. The summed E-state index contributed by atoms with van der Waals surface area (Å²) in [6.07, 6.45) is 0. The number of nitrogens with zero attached hydrogens (tertiary/aromatic N) is 3. The van der Waals surface area contributed by atoms with Crippen molar-refractivity contribution < 1.29 is 9.47 Å². The van der Waals surface area contributed by atoms with E-state index < -0.39 is 0 Å². The highest BCUT2D eigenvalue weighted by atomic mass is 32.2. The van der Waals surface area contributed by atoms with E-state index in [1.807, 2.05) is 54.1 Å². The van der Waals surface area contributed by atoms with Crippen LogP contribution in [0.25, 0.3) is 11.4 Å². The SMILES string of the molecule is CCOc1ccc(-c2nnc3n2N[C@H](c2ccccc2OC)S3)cc1. The Kier molecular flexibility index (Phi) is 4.23. The molecule has 7 heteroatoms. The molecule has 1 aliphatic rings. The van der Waals surface area contributed by atoms with Gasteiger partial charge in [0.15, 0.2) is 5.82 Å². The number of methoxy groups -OCH3 is 1. The summed E-state index contributed by atoms with van der Waals surface area (Å²) in [5, 5.41) is 9.48. The lowest BCUT2D eigenvalue weighted by molar-refractivity contribution is 0.340. The van der Waals surface area contributed by atoms with Gasteiger partial charge in [0, 0.05) is 11.1 Å². The third-order valence-electron chi connectivity index (χ3n) is 3.95. The van der Waals surface area contributed by atoms with Crippen LogP contribution in [0.5, 0.6) is 11.5 Å². The van der Waals surface area contributed by atoms with E-state index in [1.54, 1.807) is 18.9 Å². The van der Waals surface area contributed by atoms with E-state index in [4.69, 9.17) is 9.47 Å². The number of nitrogens with one attached hydrogen (secondary N) is 1. The predicted molar refractivity (Wildman–Crippen MR) is 97.6 cm³/mol. The van der Waals surface area contributed by atoms with Crippen molar-refractivity contribution in [3.05, 3.63) is 54.1 Å². The van der Waals surface area contributed by atoms with Crippen molar-refractivity contribution in [2.75, 3.05) is 19.1 Å². The number of hydrogen-bond acceptors (Lipinski definition) is 6. The minimum atomic E-state index is 0.0306. The van der Waals surface area contributed by atoms with Gasteiger partial charge in [-0.25, -0.2) is 4.68 Å². The number of aromatic nitrogens is 3. The number of hydrogen-bond donors (Lipinski definition) is 1. The molecular weight excluding hydrogens is 336 g/mol. The fraction of sp³-hybridized carbons (Fsp3) is 0.222. The van der Waals surface area contributed by atoms with Gasteiger partial charge in [0.25, 0.3) is 0 Å². The van der Waals surface area contributed by atoms with E-state index in [-0.39, 0.29) is 5.37 Å². The minimum Gasteiger partial charge on any atom is -0.496 e. The molecule has 0 aliphatic carbocycles. The summed E-state index contributed by atoms with van der Waals surface area (Å²) in [6.45, 7) is 2.62. The van der Waals surface area contributed by atoms with Gasteiger partial charge in [-0.15, -0.1) is 10.2 Å². The Morgan fingerprint density at radius 2 is 1.92 bits per heavy atom. The number of benzene rings is 2. The summed E-state index contributed by atoms with van der Waals surface area (Å²) in [5.41, 5.74) is 5.52. The van der Waals surface area contributed by atoms with E-state index in [1.165, 1.54) is 0 Å². The average molecular weight is 354 g/mol. The second-order valence-electron chi connectivity index (χ2n) is 5.47. The van der Waals surface area contributed by atoms with Crippen molar-refractivity contribution >= 4 is 11.8 Å². The van der Waals surface area contributed by atoms with Crippen LogP contribution in [0.3, 0.4) is 0 Å². The quantitative estimate of drug-likeness (QED) is 0.754. The van der Waals surface area contributed by atoms with Crippen LogP contribution in [0.2, 0.25) is 0 Å². The van der Waals surface area contributed by atoms with Gasteiger partial charge in [-0.1, -0.05) is 30.0 Å². The molecular formula is C18H18N4O2S. The summed E-state index contributed by atoms with van der Waals surface area (Å²) in [4.78, 5) is 0. The van der Waals surface area contributed by atoms with Crippen LogP contribution in [-0.2, 0) is 0 Å². The van der Waals surface area contributed by atoms with Gasteiger partial charge in [-0.3, -0.25) is 0 Å². The minimum absolute atomic E-state index is 0.0306. The van der Waals surface area contributed by atoms with Crippen molar-refractivity contribution in [2.45, 2.75) is 17.5 Å². The maximum Gasteiger partial charge on any atom is 0.212 e. The number of ether oxygens (including phenoxy) is 2. The van der Waals surface area contributed by atoms with Crippen molar-refractivity contribution in [3.8, 4) is 22.9 Å². The van der Waals surface area contributed by atoms with Gasteiger partial charge in [0.2, 0.25) is 5.16 Å². The van der Waals surface area contributed by atoms with E-state index in [9.17, 15) is 0 Å². The maximum absolute atomic E-state index is 5.49. The molecule has 1 N–H and O–H groups in total. The standard InChI is InChI=1S/C18H18N4O2S/c1-3-24-13-10-8-12(9-11-13)16-19-20-18-22(16)21-17(25-18)14-6-4-5-7-15(14)23-2/h4-11,17,21H,3H2,1-2H3/t17-/m0/s1. The number of rotatable bonds is 5. The zero-order valence-corrected chi connectivity index (χ0v) is 14.8. The summed E-state index contributed by atoms with van der Waals surface area (Å²) in [6, 6.07) is 15.9. The van der Waals surface area contributed by atoms with E-state index in [2.05, 4.69) is 21.7 Å². The highest BCUT2D eigenvalue weighted by molar-refractivity contribution is 7.99. The molecule has 25 heavy (non-hydrogen) atoms. The molecule has 1 atom stereocenters. The lowest BCUT2D eigenvalue weighted by Crippen LogP contribution is -2.14. The van der Waals surface area contributed by atoms with Crippen LogP contribution in [-0.4, -0.2) is 28.6 Å². The third kappa shape index (κ3) is 2.91. The molecule has 6 nitrogen and oxygen atoms in total. The average Bonchev–Trinajstić information content (AvgIpc) is 3.23. The molecule has 0 saturated heterocycles. The van der Waals surface area contributed by atoms with Crippen LogP contribution in [0.1, 0.15) is 17.9 Å². The summed E-state index contributed by atoms with van der Waals surface area (Å²) < 4.78 is 12.9. The van der Waals surface area contributed by atoms with E-state index in [0.29, 0.717) is 6.61 Å². The summed E-state index contributed by atoms with van der Waals surface area (Å²) in [7, 11) is 1.68. The first-order valence-corrected chi connectivity index (χ1v) is 8.93. The molecule has 4 rings (SSSR count). The molecule has 2 aromatic carbocycles. The molecule has 0 amide bonds. The largest absolute Gasteiger partial charge is 0.496 e. The second kappa shape index (κ2) is 6.68. The lowest BCUT2D eigenvalue weighted by Gasteiger charge is -2.15. The van der Waals surface area contributed by atoms with Gasteiger partial charge in [0.1, 0.15) is 16.9 Å². The monoisotopic (exact) mass is 354 g/mol. The molecule has 0 bridgehead atoms. The number of thioether (sulfide) groups is 1. The van der Waals surface area contributed by atoms with E-state index in [0.717, 1.165) is 33.6 Å². The second-order valence-corrected chi connectivity index (χ2v) is 6.54. The predicted octanol–water partition coefficient (Wildman–Crippen LogP) is 3.70. The molecule has 1 aromatic heterocycles. The molecule has 0 unspecified atom stereocenters. The van der Waals surface area contributed by atoms with Crippen molar-refractivity contribution in [3.63, 3.8) is 0 Å². The first-order valence-electron chi connectivity index (χ1n) is 8.05. The topological polar surface area (TPSA) is 61.2 Å². The fourth-order valence-corrected chi connectivity index (χ4v) is 3.80. The van der Waals surface area contributed by atoms with Crippen LogP contribution in [0, 0.1) is 0 Å². The molecule has 2 heterocycles. The maximum atomic E-state index is 5.49. The van der Waals surface area contributed by atoms with Gasteiger partial charge in [0.05, 0.1) is 13.7 Å². The van der Waals surface area contributed by atoms with E-state index >= 15 is 0 Å². The number of fused-ring (bicyclic) bond motifs is 1. The molecule has 0 spiro atoms. The van der Waals surface area contributed by atoms with Crippen molar-refractivity contribution in [1.82, 2.24) is 14.9 Å². The first-order chi connectivity index (χ1) is 12.3. The van der Waals surface area contributed by atoms with Gasteiger partial charge >= 0.3 is 0 Å². The smallest absolute Gasteiger partial charge is 0.212 e. The molecule has 1 aliphatic heterocycles. The van der Waals surface area contributed by atoms with Crippen molar-refractivity contribution in [2.24, 2.45) is 0 Å². The molecule has 128 valence electrons. The Balaban J connectivity index is 1.61. The van der Waals surface area contributed by atoms with Crippen molar-refractivity contribution in [1.29, 1.82) is 0 Å². The summed E-state index contributed by atoms with van der Waals surface area (Å²) >= 11 is 1.62. The highest BCUT2D eigenvalue weighted by Crippen LogP contribution is 2.43. The lowest BCUT2D eigenvalue weighted by atomic mass is 10.2. The first kappa shape index (κ1) is 15.8. The molecule has 0 saturated carbocycles. The zero-order chi connectivity index (χ0) is 17.2.